The van der Waals surface area contributed by atoms with Crippen molar-refractivity contribution in [3.8, 4) is 0 Å². The second-order valence-corrected chi connectivity index (χ2v) is 5.05. The Morgan fingerprint density at radius 1 is 1.53 bits per heavy atom. The Morgan fingerprint density at radius 3 is 2.79 bits per heavy atom. The van der Waals surface area contributed by atoms with E-state index in [0.29, 0.717) is 5.69 Å². The Hall–Kier alpha value is -1.34. The Morgan fingerprint density at radius 2 is 2.21 bits per heavy atom. The minimum Gasteiger partial charge on any atom is -0.479 e. The molecule has 1 heterocycles. The molecule has 1 atom stereocenters. The average Bonchev–Trinajstić information content (AvgIpc) is 2.70. The van der Waals surface area contributed by atoms with Crippen molar-refractivity contribution in [1.82, 2.24) is 9.88 Å². The quantitative estimate of drug-likeness (QED) is 0.700. The molecule has 1 rings (SSSR count). The zero-order valence-electron chi connectivity index (χ0n) is 10.6. The first-order valence-electron chi connectivity index (χ1n) is 6.00. The molecule has 0 saturated carbocycles. The number of aromatic nitrogens is 1. The summed E-state index contributed by atoms with van der Waals surface area (Å²) in [6, 6.07) is 1.71. The topological polar surface area (TPSA) is 91.6 Å². The standard InChI is InChI=1S/C12H17BrN2O4/c1-2-5-15-7-8(13)6-9(15)11(17)14-4-3-10(16)12(18)19/h6-7,10,16H,2-5H2,1H3,(H,14,17)(H,18,19). The Balaban J connectivity index is 2.56. The van der Waals surface area contributed by atoms with Crippen molar-refractivity contribution >= 4 is 27.8 Å². The van der Waals surface area contributed by atoms with Crippen LogP contribution in [0.1, 0.15) is 30.3 Å². The predicted molar refractivity (Wildman–Crippen MR) is 73.0 cm³/mol. The third-order valence-electron chi connectivity index (χ3n) is 2.55. The summed E-state index contributed by atoms with van der Waals surface area (Å²) >= 11 is 3.31. The van der Waals surface area contributed by atoms with Gasteiger partial charge in [-0.15, -0.1) is 0 Å². The molecule has 19 heavy (non-hydrogen) atoms. The summed E-state index contributed by atoms with van der Waals surface area (Å²) in [5.74, 6) is -1.57. The van der Waals surface area contributed by atoms with Crippen molar-refractivity contribution in [3.05, 3.63) is 22.4 Å². The van der Waals surface area contributed by atoms with E-state index in [1.165, 1.54) is 0 Å². The fourth-order valence-electron chi connectivity index (χ4n) is 1.63. The number of nitrogens with one attached hydrogen (secondary N) is 1. The third kappa shape index (κ3) is 4.68. The van der Waals surface area contributed by atoms with Crippen LogP contribution < -0.4 is 5.32 Å². The monoisotopic (exact) mass is 332 g/mol. The number of halogens is 1. The van der Waals surface area contributed by atoms with E-state index in [1.807, 2.05) is 17.7 Å². The molecular weight excluding hydrogens is 316 g/mol. The second kappa shape index (κ2) is 7.30. The van der Waals surface area contributed by atoms with Gasteiger partial charge >= 0.3 is 5.97 Å². The van der Waals surface area contributed by atoms with Crippen molar-refractivity contribution < 1.29 is 19.8 Å². The van der Waals surface area contributed by atoms with Gasteiger partial charge in [-0.3, -0.25) is 4.79 Å². The number of carboxylic acids is 1. The molecule has 0 radical (unpaired) electrons. The maximum Gasteiger partial charge on any atom is 0.332 e. The molecule has 0 aliphatic carbocycles. The highest BCUT2D eigenvalue weighted by Gasteiger charge is 2.15. The van der Waals surface area contributed by atoms with Crippen LogP contribution in [0.5, 0.6) is 0 Å². The first-order valence-corrected chi connectivity index (χ1v) is 6.79. The molecule has 0 aliphatic rings. The van der Waals surface area contributed by atoms with Crippen LogP contribution in [0.4, 0.5) is 0 Å². The Labute approximate surface area is 119 Å². The lowest BCUT2D eigenvalue weighted by Gasteiger charge is -2.09. The zero-order valence-corrected chi connectivity index (χ0v) is 12.2. The summed E-state index contributed by atoms with van der Waals surface area (Å²) in [6.45, 7) is 2.85. The van der Waals surface area contributed by atoms with E-state index in [1.54, 1.807) is 6.07 Å². The number of hydrogen-bond acceptors (Lipinski definition) is 3. The van der Waals surface area contributed by atoms with Crippen LogP contribution in [-0.2, 0) is 11.3 Å². The molecule has 0 bridgehead atoms. The minimum absolute atomic E-state index is 0.0171. The van der Waals surface area contributed by atoms with E-state index in [2.05, 4.69) is 21.2 Å². The van der Waals surface area contributed by atoms with Gasteiger partial charge in [0, 0.05) is 30.2 Å². The van der Waals surface area contributed by atoms with Gasteiger partial charge in [-0.05, 0) is 28.4 Å². The molecule has 106 valence electrons. The van der Waals surface area contributed by atoms with E-state index in [4.69, 9.17) is 10.2 Å². The van der Waals surface area contributed by atoms with E-state index >= 15 is 0 Å². The highest BCUT2D eigenvalue weighted by atomic mass is 79.9. The summed E-state index contributed by atoms with van der Waals surface area (Å²) in [5, 5.41) is 20.2. The van der Waals surface area contributed by atoms with Crippen LogP contribution >= 0.6 is 15.9 Å². The maximum atomic E-state index is 11.9. The van der Waals surface area contributed by atoms with Crippen LogP contribution in [0, 0.1) is 0 Å². The van der Waals surface area contributed by atoms with Crippen molar-refractivity contribution in [1.29, 1.82) is 0 Å². The molecule has 1 aromatic heterocycles. The summed E-state index contributed by atoms with van der Waals surface area (Å²) in [5.41, 5.74) is 0.513. The van der Waals surface area contributed by atoms with Gasteiger partial charge in [-0.25, -0.2) is 4.79 Å². The van der Waals surface area contributed by atoms with Gasteiger partial charge in [-0.2, -0.15) is 0 Å². The molecule has 0 spiro atoms. The van der Waals surface area contributed by atoms with E-state index in [9.17, 15) is 9.59 Å². The number of nitrogens with zero attached hydrogens (tertiary/aromatic N) is 1. The third-order valence-corrected chi connectivity index (χ3v) is 2.98. The van der Waals surface area contributed by atoms with E-state index < -0.39 is 12.1 Å². The molecule has 0 aliphatic heterocycles. The number of carbonyl (C=O) groups excluding carboxylic acids is 1. The van der Waals surface area contributed by atoms with Gasteiger partial charge in [-0.1, -0.05) is 6.92 Å². The molecule has 0 fully saturated rings. The van der Waals surface area contributed by atoms with Gasteiger partial charge in [0.2, 0.25) is 0 Å². The minimum atomic E-state index is -1.45. The van der Waals surface area contributed by atoms with Crippen molar-refractivity contribution in [3.63, 3.8) is 0 Å². The number of rotatable bonds is 7. The van der Waals surface area contributed by atoms with Crippen LogP contribution in [0.3, 0.4) is 0 Å². The summed E-state index contributed by atoms with van der Waals surface area (Å²) < 4.78 is 2.64. The molecule has 1 amide bonds. The number of aryl methyl sites for hydroxylation is 1. The van der Waals surface area contributed by atoms with Gasteiger partial charge in [0.05, 0.1) is 0 Å². The zero-order chi connectivity index (χ0) is 14.4. The number of aliphatic carboxylic acids is 1. The SMILES string of the molecule is CCCn1cc(Br)cc1C(=O)NCCC(O)C(=O)O. The van der Waals surface area contributed by atoms with Gasteiger partial charge < -0.3 is 20.1 Å². The van der Waals surface area contributed by atoms with Crippen LogP contribution in [0.25, 0.3) is 0 Å². The number of carboxylic acid groups (broad SMARTS) is 1. The number of aliphatic hydroxyl groups is 1. The first kappa shape index (κ1) is 15.7. The molecule has 1 aromatic rings. The second-order valence-electron chi connectivity index (χ2n) is 4.14. The van der Waals surface area contributed by atoms with Gasteiger partial charge in [0.1, 0.15) is 5.69 Å². The van der Waals surface area contributed by atoms with Crippen LogP contribution in [-0.4, -0.2) is 39.3 Å². The molecular formula is C12H17BrN2O4. The molecule has 7 heteroatoms. The van der Waals surface area contributed by atoms with Crippen molar-refractivity contribution in [2.75, 3.05) is 6.54 Å². The van der Waals surface area contributed by atoms with E-state index in [-0.39, 0.29) is 18.9 Å². The Kier molecular flexibility index (Phi) is 6.04. The molecule has 3 N–H and O–H groups in total. The Bertz CT molecular complexity index is 459. The summed E-state index contributed by atoms with van der Waals surface area (Å²) in [7, 11) is 0. The molecule has 6 nitrogen and oxygen atoms in total. The number of amides is 1. The molecule has 0 saturated heterocycles. The van der Waals surface area contributed by atoms with Gasteiger partial charge in [0.15, 0.2) is 6.10 Å². The first-order chi connectivity index (χ1) is 8.95. The number of hydrogen-bond donors (Lipinski definition) is 3. The smallest absolute Gasteiger partial charge is 0.332 e. The fraction of sp³-hybridized carbons (Fsp3) is 0.500. The van der Waals surface area contributed by atoms with Crippen molar-refractivity contribution in [2.45, 2.75) is 32.4 Å². The molecule has 0 aromatic carbocycles. The summed E-state index contributed by atoms with van der Waals surface area (Å²) in [6.07, 6.45) is 1.26. The largest absolute Gasteiger partial charge is 0.479 e. The average molecular weight is 333 g/mol. The predicted octanol–water partition coefficient (Wildman–Crippen LogP) is 1.23. The van der Waals surface area contributed by atoms with Gasteiger partial charge in [0.25, 0.3) is 5.91 Å². The highest BCUT2D eigenvalue weighted by molar-refractivity contribution is 9.10. The lowest BCUT2D eigenvalue weighted by Crippen LogP contribution is -2.31. The lowest BCUT2D eigenvalue weighted by atomic mass is 10.2. The summed E-state index contributed by atoms with van der Waals surface area (Å²) in [4.78, 5) is 22.3. The maximum absolute atomic E-state index is 11.9. The van der Waals surface area contributed by atoms with E-state index in [0.717, 1.165) is 17.4 Å². The lowest BCUT2D eigenvalue weighted by molar-refractivity contribution is -0.146. The molecule has 1 unspecified atom stereocenters. The van der Waals surface area contributed by atoms with Crippen molar-refractivity contribution in [2.24, 2.45) is 0 Å². The highest BCUT2D eigenvalue weighted by Crippen LogP contribution is 2.15. The van der Waals surface area contributed by atoms with Crippen LogP contribution in [0.2, 0.25) is 0 Å². The number of carbonyl (C=O) groups is 2. The van der Waals surface area contributed by atoms with Crippen LogP contribution in [0.15, 0.2) is 16.7 Å². The fourth-order valence-corrected chi connectivity index (χ4v) is 2.09. The normalized spacial score (nSPS) is 12.2. The number of aliphatic hydroxyl groups excluding tert-OH is 1.